The highest BCUT2D eigenvalue weighted by Crippen LogP contribution is 2.31. The first-order valence-electron chi connectivity index (χ1n) is 6.04. The number of nitro groups is 1. The molecule has 110 valence electrons. The quantitative estimate of drug-likeness (QED) is 0.631. The van der Waals surface area contributed by atoms with E-state index in [4.69, 9.17) is 0 Å². The summed E-state index contributed by atoms with van der Waals surface area (Å²) in [6, 6.07) is 6.97. The van der Waals surface area contributed by atoms with Gasteiger partial charge in [0.2, 0.25) is 0 Å². The number of anilines is 1. The van der Waals surface area contributed by atoms with E-state index in [2.05, 4.69) is 21.2 Å². The molecule has 0 heterocycles. The first-order valence-corrected chi connectivity index (χ1v) is 6.83. The normalized spacial score (nSPS) is 12.0. The molecule has 0 bridgehead atoms. The summed E-state index contributed by atoms with van der Waals surface area (Å²) in [4.78, 5) is 10.5. The molecular weight excluding hydrogens is 346 g/mol. The third-order valence-electron chi connectivity index (χ3n) is 2.95. The van der Waals surface area contributed by atoms with Crippen LogP contribution in [0.25, 0.3) is 0 Å². The Morgan fingerprint density at radius 2 is 1.95 bits per heavy atom. The van der Waals surface area contributed by atoms with Crippen LogP contribution in [0, 0.1) is 21.7 Å². The lowest BCUT2D eigenvalue weighted by atomic mass is 10.1. The Balaban J connectivity index is 2.33. The fraction of sp³-hybridized carbons (Fsp3) is 0.143. The van der Waals surface area contributed by atoms with Gasteiger partial charge in [-0.3, -0.25) is 10.1 Å². The largest absolute Gasteiger partial charge is 0.373 e. The van der Waals surface area contributed by atoms with Crippen molar-refractivity contribution >= 4 is 27.3 Å². The maximum absolute atomic E-state index is 13.7. The summed E-state index contributed by atoms with van der Waals surface area (Å²) in [6.07, 6.45) is 0. The molecule has 0 radical (unpaired) electrons. The van der Waals surface area contributed by atoms with Gasteiger partial charge in [-0.1, -0.05) is 15.9 Å². The van der Waals surface area contributed by atoms with Gasteiger partial charge in [0.05, 0.1) is 11.0 Å². The molecule has 1 atom stereocenters. The third-order valence-corrected chi connectivity index (χ3v) is 3.45. The average molecular weight is 357 g/mol. The summed E-state index contributed by atoms with van der Waals surface area (Å²) in [5.74, 6) is -1.14. The van der Waals surface area contributed by atoms with Gasteiger partial charge < -0.3 is 5.32 Å². The maximum atomic E-state index is 13.7. The second kappa shape index (κ2) is 6.17. The minimum atomic E-state index is -0.624. The summed E-state index contributed by atoms with van der Waals surface area (Å²) in [6.45, 7) is 1.60. The van der Waals surface area contributed by atoms with Crippen LogP contribution in [-0.2, 0) is 0 Å². The molecule has 2 rings (SSSR count). The number of hydrogen-bond acceptors (Lipinski definition) is 3. The molecule has 1 unspecified atom stereocenters. The number of nitrogens with zero attached hydrogens (tertiary/aromatic N) is 1. The number of halogens is 3. The first-order chi connectivity index (χ1) is 9.88. The number of rotatable bonds is 4. The van der Waals surface area contributed by atoms with Crippen molar-refractivity contribution in [3.05, 3.63) is 68.2 Å². The molecule has 0 aliphatic rings. The maximum Gasteiger partial charge on any atom is 0.293 e. The summed E-state index contributed by atoms with van der Waals surface area (Å²) in [5.41, 5.74) is 0.194. The van der Waals surface area contributed by atoms with E-state index in [-0.39, 0.29) is 16.9 Å². The van der Waals surface area contributed by atoms with Crippen molar-refractivity contribution < 1.29 is 13.7 Å². The van der Waals surface area contributed by atoms with Gasteiger partial charge in [0, 0.05) is 16.1 Å². The van der Waals surface area contributed by atoms with Crippen molar-refractivity contribution in [2.24, 2.45) is 0 Å². The molecule has 2 aromatic carbocycles. The molecular formula is C14H11BrF2N2O2. The molecule has 0 fully saturated rings. The third kappa shape index (κ3) is 3.55. The first kappa shape index (κ1) is 15.4. The van der Waals surface area contributed by atoms with Crippen LogP contribution in [-0.4, -0.2) is 4.92 Å². The zero-order chi connectivity index (χ0) is 15.6. The van der Waals surface area contributed by atoms with Crippen molar-refractivity contribution in [2.75, 3.05) is 5.32 Å². The molecule has 0 aliphatic heterocycles. The highest BCUT2D eigenvalue weighted by Gasteiger charge is 2.18. The standard InChI is InChI=1S/C14H11BrF2N2O2/c1-8(11-7-10(16)3-4-12(11)17)18-13-5-2-9(15)6-14(13)19(20)21/h2-8,18H,1H3. The zero-order valence-electron chi connectivity index (χ0n) is 10.9. The molecule has 2 aromatic rings. The van der Waals surface area contributed by atoms with Crippen LogP contribution in [0.1, 0.15) is 18.5 Å². The number of hydrogen-bond donors (Lipinski definition) is 1. The van der Waals surface area contributed by atoms with Crippen molar-refractivity contribution in [3.63, 3.8) is 0 Å². The van der Waals surface area contributed by atoms with E-state index in [1.807, 2.05) is 0 Å². The van der Waals surface area contributed by atoms with E-state index in [9.17, 15) is 18.9 Å². The van der Waals surface area contributed by atoms with Crippen molar-refractivity contribution in [2.45, 2.75) is 13.0 Å². The summed E-state index contributed by atoms with van der Waals surface area (Å²) < 4.78 is 27.5. The minimum Gasteiger partial charge on any atom is -0.373 e. The molecule has 0 aromatic heterocycles. The molecule has 0 spiro atoms. The van der Waals surface area contributed by atoms with Crippen LogP contribution < -0.4 is 5.32 Å². The Labute approximate surface area is 128 Å². The monoisotopic (exact) mass is 356 g/mol. The highest BCUT2D eigenvalue weighted by atomic mass is 79.9. The van der Waals surface area contributed by atoms with E-state index < -0.39 is 22.6 Å². The molecule has 7 heteroatoms. The van der Waals surface area contributed by atoms with Gasteiger partial charge in [0.1, 0.15) is 17.3 Å². The van der Waals surface area contributed by atoms with Crippen molar-refractivity contribution in [1.82, 2.24) is 0 Å². The molecule has 0 saturated carbocycles. The molecule has 4 nitrogen and oxygen atoms in total. The summed E-state index contributed by atoms with van der Waals surface area (Å²) >= 11 is 3.16. The SMILES string of the molecule is CC(Nc1ccc(Br)cc1[N+](=O)[O-])c1cc(F)ccc1F. The van der Waals surface area contributed by atoms with Gasteiger partial charge in [-0.25, -0.2) is 8.78 Å². The van der Waals surface area contributed by atoms with E-state index >= 15 is 0 Å². The smallest absolute Gasteiger partial charge is 0.293 e. The Kier molecular flexibility index (Phi) is 4.52. The highest BCUT2D eigenvalue weighted by molar-refractivity contribution is 9.10. The Morgan fingerprint density at radius 3 is 2.62 bits per heavy atom. The Hall–Kier alpha value is -2.02. The molecule has 21 heavy (non-hydrogen) atoms. The topological polar surface area (TPSA) is 55.2 Å². The lowest BCUT2D eigenvalue weighted by Crippen LogP contribution is -2.10. The molecule has 0 amide bonds. The molecule has 1 N–H and O–H groups in total. The van der Waals surface area contributed by atoms with E-state index in [1.165, 1.54) is 12.1 Å². The van der Waals surface area contributed by atoms with Gasteiger partial charge in [-0.2, -0.15) is 0 Å². The van der Waals surface area contributed by atoms with E-state index in [1.54, 1.807) is 13.0 Å². The second-order valence-electron chi connectivity index (χ2n) is 4.45. The van der Waals surface area contributed by atoms with E-state index in [0.717, 1.165) is 18.2 Å². The predicted octanol–water partition coefficient (Wildman–Crippen LogP) is 4.81. The van der Waals surface area contributed by atoms with Gasteiger partial charge in [0.15, 0.2) is 0 Å². The molecule has 0 saturated heterocycles. The number of nitrogens with one attached hydrogen (secondary N) is 1. The second-order valence-corrected chi connectivity index (χ2v) is 5.37. The number of nitro benzene ring substituents is 1. The zero-order valence-corrected chi connectivity index (χ0v) is 12.5. The van der Waals surface area contributed by atoms with E-state index in [0.29, 0.717) is 4.47 Å². The summed E-state index contributed by atoms with van der Waals surface area (Å²) in [5, 5.41) is 13.9. The van der Waals surface area contributed by atoms with Gasteiger partial charge >= 0.3 is 0 Å². The Bertz CT molecular complexity index is 695. The summed E-state index contributed by atoms with van der Waals surface area (Å²) in [7, 11) is 0. The van der Waals surface area contributed by atoms with Crippen LogP contribution in [0.15, 0.2) is 40.9 Å². The van der Waals surface area contributed by atoms with Crippen LogP contribution >= 0.6 is 15.9 Å². The minimum absolute atomic E-state index is 0.104. The average Bonchev–Trinajstić information content (AvgIpc) is 2.43. The van der Waals surface area contributed by atoms with Gasteiger partial charge in [0.25, 0.3) is 5.69 Å². The lowest BCUT2D eigenvalue weighted by Gasteiger charge is -2.16. The molecule has 0 aliphatic carbocycles. The van der Waals surface area contributed by atoms with Crippen LogP contribution in [0.5, 0.6) is 0 Å². The number of benzene rings is 2. The lowest BCUT2D eigenvalue weighted by molar-refractivity contribution is -0.384. The van der Waals surface area contributed by atoms with Crippen LogP contribution in [0.3, 0.4) is 0 Å². The van der Waals surface area contributed by atoms with Crippen LogP contribution in [0.4, 0.5) is 20.2 Å². The predicted molar refractivity (Wildman–Crippen MR) is 79.2 cm³/mol. The fourth-order valence-corrected chi connectivity index (χ4v) is 2.28. The Morgan fingerprint density at radius 1 is 1.24 bits per heavy atom. The fourth-order valence-electron chi connectivity index (χ4n) is 1.94. The van der Waals surface area contributed by atoms with Crippen molar-refractivity contribution in [3.8, 4) is 0 Å². The van der Waals surface area contributed by atoms with Gasteiger partial charge in [-0.05, 0) is 37.3 Å². The van der Waals surface area contributed by atoms with Crippen molar-refractivity contribution in [1.29, 1.82) is 0 Å². The van der Waals surface area contributed by atoms with Gasteiger partial charge in [-0.15, -0.1) is 0 Å². The van der Waals surface area contributed by atoms with Crippen LogP contribution in [0.2, 0.25) is 0 Å².